The monoisotopic (exact) mass is 964 g/mol. The van der Waals surface area contributed by atoms with Crippen molar-refractivity contribution in [2.75, 3.05) is 29.7 Å². The van der Waals surface area contributed by atoms with E-state index in [4.69, 9.17) is 9.11 Å². The highest BCUT2D eigenvalue weighted by Gasteiger charge is 2.41. The van der Waals surface area contributed by atoms with E-state index < -0.39 is 132 Å². The minimum atomic E-state index is -5.16. The Labute approximate surface area is 350 Å². The Kier molecular flexibility index (Phi) is 13.3. The van der Waals surface area contributed by atoms with E-state index in [2.05, 4.69) is 33.9 Å². The zero-order valence-corrected chi connectivity index (χ0v) is 34.9. The number of fused-ring (bicyclic) bond motifs is 1. The van der Waals surface area contributed by atoms with Crippen molar-refractivity contribution in [1.82, 2.24) is 0 Å². The fourth-order valence-corrected chi connectivity index (χ4v) is 9.31. The van der Waals surface area contributed by atoms with Crippen LogP contribution in [0.5, 0.6) is 11.5 Å². The van der Waals surface area contributed by atoms with Crippen molar-refractivity contribution in [3.63, 3.8) is 0 Å². The second-order valence-corrected chi connectivity index (χ2v) is 20.2. The second-order valence-electron chi connectivity index (χ2n) is 12.4. The molecule has 26 nitrogen and oxygen atoms in total. The van der Waals surface area contributed by atoms with Gasteiger partial charge in [-0.05, 0) is 66.4 Å². The number of azo groups is 2. The van der Waals surface area contributed by atoms with Crippen molar-refractivity contribution in [3.8, 4) is 11.5 Å². The highest BCUT2D eigenvalue weighted by Crippen LogP contribution is 2.43. The van der Waals surface area contributed by atoms with Gasteiger partial charge >= 0.3 is 26.8 Å². The maximum absolute atomic E-state index is 13.3. The highest BCUT2D eigenvalue weighted by atomic mass is 32.3. The molecule has 0 aliphatic carbocycles. The number of carbonyl (C=O) groups excluding carboxylic acids is 1. The predicted octanol–water partition coefficient (Wildman–Crippen LogP) is 2.35. The van der Waals surface area contributed by atoms with E-state index in [-0.39, 0.29) is 32.6 Å². The first-order valence-corrected chi connectivity index (χ1v) is 23.9. The van der Waals surface area contributed by atoms with Crippen LogP contribution in [0.15, 0.2) is 101 Å². The number of benzene rings is 4. The number of anilines is 1. The van der Waals surface area contributed by atoms with Gasteiger partial charge in [0.1, 0.15) is 22.0 Å². The van der Waals surface area contributed by atoms with Gasteiger partial charge in [0.05, 0.1) is 45.9 Å². The molecular formula is C31H28N6O20S5. The molecule has 0 fully saturated rings. The number of hydrazone groups is 1. The third kappa shape index (κ3) is 11.1. The Hall–Kier alpha value is -5.90. The quantitative estimate of drug-likeness (QED) is 0.0653. The van der Waals surface area contributed by atoms with Gasteiger partial charge in [0, 0.05) is 11.5 Å². The summed E-state index contributed by atoms with van der Waals surface area (Å²) in [5.74, 6) is -6.37. The topological polar surface area (TPSA) is 410 Å². The van der Waals surface area contributed by atoms with Crippen molar-refractivity contribution >= 4 is 102 Å². The van der Waals surface area contributed by atoms with Crippen LogP contribution in [0.4, 0.5) is 22.7 Å². The minimum Gasteiger partial charge on any atom is -0.506 e. The molecule has 5 rings (SSSR count). The Bertz CT molecular complexity index is 3170. The molecule has 1 unspecified atom stereocenters. The zero-order chi connectivity index (χ0) is 46.2. The zero-order valence-electron chi connectivity index (χ0n) is 30.8. The number of aliphatic carboxylic acids is 1. The molecule has 31 heteroatoms. The Morgan fingerprint density at radius 2 is 1.35 bits per heavy atom. The molecule has 4 aromatic carbocycles. The number of hydrogen-bond acceptors (Lipinski definition) is 21. The van der Waals surface area contributed by atoms with Crippen molar-refractivity contribution < 1.29 is 89.0 Å². The summed E-state index contributed by atoms with van der Waals surface area (Å²) in [7, 11) is -23.5. The molecule has 6 N–H and O–H groups in total. The number of sulfone groups is 2. The summed E-state index contributed by atoms with van der Waals surface area (Å²) < 4.78 is 154. The number of carboxylic acids is 1. The first-order valence-electron chi connectivity index (χ1n) is 16.5. The number of rotatable bonds is 17. The lowest BCUT2D eigenvalue weighted by Gasteiger charge is -2.13. The molecule has 1 atom stereocenters. The fourth-order valence-electron chi connectivity index (χ4n) is 5.40. The number of carbonyl (C=O) groups is 2. The van der Waals surface area contributed by atoms with Gasteiger partial charge in [0.15, 0.2) is 31.1 Å². The molecule has 332 valence electrons. The second kappa shape index (κ2) is 17.5. The molecule has 0 aromatic heterocycles. The Morgan fingerprint density at radius 1 is 0.758 bits per heavy atom. The van der Waals surface area contributed by atoms with Crippen LogP contribution in [-0.4, -0.2) is 119 Å². The minimum absolute atomic E-state index is 0.0495. The Balaban J connectivity index is 1.43. The number of carboxylic acid groups (broad SMARTS) is 1. The predicted molar refractivity (Wildman–Crippen MR) is 209 cm³/mol. The molecule has 0 spiro atoms. The molecule has 0 bridgehead atoms. The van der Waals surface area contributed by atoms with Crippen molar-refractivity contribution in [1.29, 1.82) is 0 Å². The van der Waals surface area contributed by atoms with E-state index in [1.165, 1.54) is 19.1 Å². The lowest BCUT2D eigenvalue weighted by molar-refractivity contribution is -0.130. The van der Waals surface area contributed by atoms with Crippen molar-refractivity contribution in [2.45, 2.75) is 27.7 Å². The van der Waals surface area contributed by atoms with Gasteiger partial charge in [-0.1, -0.05) is 6.07 Å². The molecular weight excluding hydrogens is 937 g/mol. The van der Waals surface area contributed by atoms with Crippen LogP contribution in [-0.2, 0) is 68.5 Å². The number of aromatic hydroxyl groups is 2. The molecule has 0 radical (unpaired) electrons. The maximum atomic E-state index is 13.3. The average molecular weight is 965 g/mol. The van der Waals surface area contributed by atoms with Crippen molar-refractivity contribution in [2.24, 2.45) is 25.6 Å². The van der Waals surface area contributed by atoms with Crippen LogP contribution in [0.25, 0.3) is 10.8 Å². The van der Waals surface area contributed by atoms with E-state index in [0.29, 0.717) is 11.1 Å². The molecule has 1 aliphatic heterocycles. The summed E-state index contributed by atoms with van der Waals surface area (Å²) in [6.07, 6.45) is 0. The third-order valence-corrected chi connectivity index (χ3v) is 13.5. The lowest BCUT2D eigenvalue weighted by atomic mass is 10.1. The molecule has 1 aliphatic rings. The summed E-state index contributed by atoms with van der Waals surface area (Å²) in [5, 5.41) is 50.6. The van der Waals surface area contributed by atoms with E-state index in [1.54, 1.807) is 0 Å². The SMILES string of the molecule is Cc1cc(N=Nc2c(S(=O)(=O)O)cc3ccc(N=NC4C(=O)N(c5ccc(S(=O)(=O)CCOS(=O)(=O)O)cc5)N=C4C(=O)O)cc3c2O)c(O)cc1S(=O)(=O)CCOS(=O)(=O)O. The average Bonchev–Trinajstić information content (AvgIpc) is 3.48. The summed E-state index contributed by atoms with van der Waals surface area (Å²) in [5.41, 5.74) is -2.57. The first-order chi connectivity index (χ1) is 28.6. The van der Waals surface area contributed by atoms with E-state index in [0.717, 1.165) is 42.5 Å². The van der Waals surface area contributed by atoms with Gasteiger partial charge in [-0.2, -0.15) is 45.6 Å². The number of aryl methyl sites for hydroxylation is 1. The standard InChI is InChI=1S/C31H28N6O20S5/c1-16-12-22(23(38)15-24(16)59(45,46)11-9-57-62(53,54)55)33-34-26-25(60(47,48)49)13-17-2-3-18(14-21(17)29(26)39)32-35-27-28(31(41)42)36-37(30(27)40)19-4-6-20(7-5-19)58(43,44)10-8-56-61(50,51)52/h2-7,12-15,27,38-39H,8-11H2,1H3,(H,41,42)(H,47,48,49)(H,50,51,52)(H,53,54,55). The normalized spacial score (nSPS) is 15.5. The maximum Gasteiger partial charge on any atom is 0.397 e. The van der Waals surface area contributed by atoms with Gasteiger partial charge < -0.3 is 15.3 Å². The molecule has 62 heavy (non-hydrogen) atoms. The van der Waals surface area contributed by atoms with Gasteiger partial charge in [0.25, 0.3) is 16.0 Å². The number of phenolic OH excluding ortho intramolecular Hbond substituents is 2. The van der Waals surface area contributed by atoms with Crippen LogP contribution in [0.1, 0.15) is 5.56 Å². The van der Waals surface area contributed by atoms with Gasteiger partial charge in [0.2, 0.25) is 6.04 Å². The number of phenols is 2. The third-order valence-electron chi connectivity index (χ3n) is 8.21. The van der Waals surface area contributed by atoms with E-state index in [9.17, 15) is 71.6 Å². The van der Waals surface area contributed by atoms with Crippen LogP contribution < -0.4 is 5.01 Å². The first kappa shape index (κ1) is 47.2. The smallest absolute Gasteiger partial charge is 0.397 e. The van der Waals surface area contributed by atoms with Gasteiger partial charge in [-0.3, -0.25) is 18.5 Å². The van der Waals surface area contributed by atoms with Gasteiger partial charge in [-0.25, -0.2) is 30.0 Å². The number of nitrogens with zero attached hydrogens (tertiary/aromatic N) is 6. The van der Waals surface area contributed by atoms with Crippen LogP contribution in [0, 0.1) is 6.92 Å². The molecule has 1 heterocycles. The van der Waals surface area contributed by atoms with Crippen LogP contribution in [0.2, 0.25) is 0 Å². The van der Waals surface area contributed by atoms with Gasteiger partial charge in [-0.15, -0.1) is 10.2 Å². The van der Waals surface area contributed by atoms with E-state index >= 15 is 0 Å². The lowest BCUT2D eigenvalue weighted by Crippen LogP contribution is -2.33. The molecule has 0 saturated heterocycles. The summed E-state index contributed by atoms with van der Waals surface area (Å²) in [6, 6.07) is 8.32. The molecule has 0 saturated carbocycles. The molecule has 1 amide bonds. The fraction of sp³-hybridized carbons (Fsp3) is 0.194. The number of hydrogen-bond donors (Lipinski definition) is 6. The highest BCUT2D eigenvalue weighted by molar-refractivity contribution is 7.91. The largest absolute Gasteiger partial charge is 0.506 e. The van der Waals surface area contributed by atoms with Crippen LogP contribution >= 0.6 is 0 Å². The number of amides is 1. The summed E-state index contributed by atoms with van der Waals surface area (Å²) in [4.78, 5) is 23.5. The van der Waals surface area contributed by atoms with Crippen LogP contribution in [0.3, 0.4) is 0 Å². The summed E-state index contributed by atoms with van der Waals surface area (Å²) >= 11 is 0. The summed E-state index contributed by atoms with van der Waals surface area (Å²) in [6.45, 7) is -0.636. The Morgan fingerprint density at radius 3 is 1.92 bits per heavy atom. The van der Waals surface area contributed by atoms with Crippen molar-refractivity contribution in [3.05, 3.63) is 66.2 Å². The van der Waals surface area contributed by atoms with E-state index in [1.807, 2.05) is 0 Å². The molecule has 4 aromatic rings.